The molecule has 0 atom stereocenters. The molecule has 3 aromatic rings. The summed E-state index contributed by atoms with van der Waals surface area (Å²) in [6, 6.07) is 6.82. The number of carbonyl (C=O) groups is 1. The van der Waals surface area contributed by atoms with E-state index < -0.39 is 35.2 Å². The first-order chi connectivity index (χ1) is 11.3. The molecular formula is C15H10F3N3O3. The van der Waals surface area contributed by atoms with Gasteiger partial charge in [-0.15, -0.1) is 0 Å². The number of H-pyrrole nitrogens is 1. The van der Waals surface area contributed by atoms with Crippen LogP contribution in [0.3, 0.4) is 0 Å². The minimum atomic E-state index is -3.93. The van der Waals surface area contributed by atoms with E-state index in [9.17, 15) is 28.2 Å². The van der Waals surface area contributed by atoms with Crippen molar-refractivity contribution >= 4 is 17.0 Å². The molecule has 0 unspecified atom stereocenters. The molecule has 3 rings (SSSR count). The van der Waals surface area contributed by atoms with Crippen LogP contribution in [0.25, 0.3) is 22.3 Å². The fourth-order valence-electron chi connectivity index (χ4n) is 2.31. The average Bonchev–Trinajstić information content (AvgIpc) is 2.99. The summed E-state index contributed by atoms with van der Waals surface area (Å²) < 4.78 is 39.9. The lowest BCUT2D eigenvalue weighted by Crippen LogP contribution is -2.17. The number of hydrogen-bond donors (Lipinski definition) is 3. The summed E-state index contributed by atoms with van der Waals surface area (Å²) in [6.45, 7) is -2.01. The van der Waals surface area contributed by atoms with Crippen molar-refractivity contribution in [2.24, 2.45) is 0 Å². The van der Waals surface area contributed by atoms with Crippen molar-refractivity contribution in [3.05, 3.63) is 41.6 Å². The van der Waals surface area contributed by atoms with Gasteiger partial charge in [-0.05, 0) is 30.3 Å². The average molecular weight is 337 g/mol. The molecule has 1 aromatic carbocycles. The Morgan fingerprint density at radius 2 is 1.92 bits per heavy atom. The highest BCUT2D eigenvalue weighted by molar-refractivity contribution is 6.04. The van der Waals surface area contributed by atoms with E-state index in [0.717, 1.165) is 6.07 Å². The van der Waals surface area contributed by atoms with E-state index in [0.29, 0.717) is 5.56 Å². The van der Waals surface area contributed by atoms with Gasteiger partial charge in [0.1, 0.15) is 11.4 Å². The number of halogens is 3. The van der Waals surface area contributed by atoms with Gasteiger partial charge >= 0.3 is 11.9 Å². The number of pyridine rings is 1. The second-order valence-electron chi connectivity index (χ2n) is 5.04. The monoisotopic (exact) mass is 337 g/mol. The number of benzene rings is 1. The van der Waals surface area contributed by atoms with Gasteiger partial charge < -0.3 is 10.2 Å². The van der Waals surface area contributed by atoms with Crippen LogP contribution < -0.4 is 0 Å². The molecule has 0 aliphatic heterocycles. The van der Waals surface area contributed by atoms with E-state index in [1.54, 1.807) is 0 Å². The van der Waals surface area contributed by atoms with E-state index in [2.05, 4.69) is 15.2 Å². The molecule has 0 amide bonds. The number of phenolic OH excluding ortho intramolecular Hbond substituents is 1. The lowest BCUT2D eigenvalue weighted by molar-refractivity contribution is -0.0308. The number of aromatic nitrogens is 3. The highest BCUT2D eigenvalue weighted by atomic mass is 19.3. The zero-order valence-corrected chi connectivity index (χ0v) is 11.9. The molecule has 9 heteroatoms. The predicted molar refractivity (Wildman–Crippen MR) is 77.8 cm³/mol. The van der Waals surface area contributed by atoms with E-state index in [-0.39, 0.29) is 17.1 Å². The molecule has 0 saturated heterocycles. The Morgan fingerprint density at radius 1 is 1.25 bits per heavy atom. The lowest BCUT2D eigenvalue weighted by Gasteiger charge is -2.10. The summed E-state index contributed by atoms with van der Waals surface area (Å²) in [6.07, 6.45) is 0. The molecule has 124 valence electrons. The third kappa shape index (κ3) is 2.53. The number of phenols is 1. The maximum Gasteiger partial charge on any atom is 0.336 e. The number of aromatic hydroxyl groups is 1. The van der Waals surface area contributed by atoms with Crippen LogP contribution in [0.15, 0.2) is 30.3 Å². The van der Waals surface area contributed by atoms with Crippen LogP contribution in [0, 0.1) is 0 Å². The van der Waals surface area contributed by atoms with Crippen LogP contribution in [0.2, 0.25) is 0 Å². The van der Waals surface area contributed by atoms with Crippen LogP contribution in [0.5, 0.6) is 5.75 Å². The van der Waals surface area contributed by atoms with Gasteiger partial charge in [0.15, 0.2) is 12.3 Å². The number of nitrogens with zero attached hydrogens (tertiary/aromatic N) is 2. The van der Waals surface area contributed by atoms with Crippen molar-refractivity contribution in [2.45, 2.75) is 5.92 Å². The topological polar surface area (TPSA) is 99.1 Å². The molecule has 0 aliphatic carbocycles. The number of aromatic amines is 1. The van der Waals surface area contributed by atoms with Crippen molar-refractivity contribution in [2.75, 3.05) is 6.67 Å². The Kier molecular flexibility index (Phi) is 3.63. The summed E-state index contributed by atoms with van der Waals surface area (Å²) in [5, 5.41) is 23.8. The molecule has 0 bridgehead atoms. The SMILES string of the molecule is O=C(O)c1cc(-c2ccc(O)cc2)nc2[nH]nc(C(F)(F)CF)c12. The van der Waals surface area contributed by atoms with Crippen LogP contribution in [-0.2, 0) is 5.92 Å². The van der Waals surface area contributed by atoms with Crippen molar-refractivity contribution in [3.8, 4) is 17.0 Å². The lowest BCUT2D eigenvalue weighted by atomic mass is 10.0. The van der Waals surface area contributed by atoms with Gasteiger partial charge in [0.05, 0.1) is 16.6 Å². The zero-order valence-electron chi connectivity index (χ0n) is 11.9. The Balaban J connectivity index is 2.27. The van der Waals surface area contributed by atoms with Gasteiger partial charge in [-0.25, -0.2) is 14.2 Å². The zero-order chi connectivity index (χ0) is 17.5. The van der Waals surface area contributed by atoms with E-state index in [1.165, 1.54) is 24.3 Å². The summed E-state index contributed by atoms with van der Waals surface area (Å²) in [5.74, 6) is -5.39. The summed E-state index contributed by atoms with van der Waals surface area (Å²) in [5.41, 5.74) is -1.02. The number of alkyl halides is 3. The molecule has 2 heterocycles. The van der Waals surface area contributed by atoms with E-state index >= 15 is 0 Å². The Labute approximate surface area is 132 Å². The minimum Gasteiger partial charge on any atom is -0.508 e. The number of aromatic carboxylic acids is 1. The fraction of sp³-hybridized carbons (Fsp3) is 0.133. The summed E-state index contributed by atoms with van der Waals surface area (Å²) >= 11 is 0. The van der Waals surface area contributed by atoms with Crippen molar-refractivity contribution in [1.82, 2.24) is 15.2 Å². The highest BCUT2D eigenvalue weighted by Crippen LogP contribution is 2.35. The summed E-state index contributed by atoms with van der Waals surface area (Å²) in [4.78, 5) is 15.5. The molecule has 0 aliphatic rings. The number of carboxylic acids is 1. The van der Waals surface area contributed by atoms with Crippen LogP contribution >= 0.6 is 0 Å². The van der Waals surface area contributed by atoms with Gasteiger partial charge in [0, 0.05) is 5.56 Å². The van der Waals surface area contributed by atoms with Gasteiger partial charge in [-0.3, -0.25) is 5.10 Å². The van der Waals surface area contributed by atoms with Crippen LogP contribution in [0.1, 0.15) is 16.1 Å². The second-order valence-corrected chi connectivity index (χ2v) is 5.04. The number of rotatable bonds is 4. The first-order valence-corrected chi connectivity index (χ1v) is 6.69. The van der Waals surface area contributed by atoms with E-state index in [4.69, 9.17) is 0 Å². The number of fused-ring (bicyclic) bond motifs is 1. The standard InChI is InChI=1S/C15H10F3N3O3/c16-6-15(17,18)12-11-9(14(23)24)5-10(19-13(11)21-20-12)7-1-3-8(22)4-2-7/h1-5,22H,6H2,(H,23,24)(H,19,20,21). The maximum absolute atomic E-state index is 13.7. The molecule has 0 spiro atoms. The van der Waals surface area contributed by atoms with Gasteiger partial charge in [0.2, 0.25) is 0 Å². The molecule has 0 saturated carbocycles. The van der Waals surface area contributed by atoms with Crippen molar-refractivity contribution in [3.63, 3.8) is 0 Å². The third-order valence-corrected chi connectivity index (χ3v) is 3.44. The normalized spacial score (nSPS) is 11.8. The van der Waals surface area contributed by atoms with Gasteiger partial charge in [-0.2, -0.15) is 13.9 Å². The molecule has 6 nitrogen and oxygen atoms in total. The Hall–Kier alpha value is -3.10. The second kappa shape index (κ2) is 5.52. The Bertz CT molecular complexity index is 923. The molecule has 2 aromatic heterocycles. The van der Waals surface area contributed by atoms with Crippen molar-refractivity contribution < 1.29 is 28.2 Å². The van der Waals surface area contributed by atoms with Crippen LogP contribution in [-0.4, -0.2) is 38.0 Å². The molecule has 0 radical (unpaired) electrons. The van der Waals surface area contributed by atoms with Gasteiger partial charge in [-0.1, -0.05) is 0 Å². The maximum atomic E-state index is 13.7. The number of hydrogen-bond acceptors (Lipinski definition) is 4. The molecule has 0 fully saturated rings. The predicted octanol–water partition coefficient (Wildman–Crippen LogP) is 3.09. The number of carboxylic acid groups (broad SMARTS) is 1. The summed E-state index contributed by atoms with van der Waals surface area (Å²) in [7, 11) is 0. The first kappa shape index (κ1) is 15.8. The number of nitrogens with one attached hydrogen (secondary N) is 1. The highest BCUT2D eigenvalue weighted by Gasteiger charge is 2.38. The first-order valence-electron chi connectivity index (χ1n) is 6.69. The smallest absolute Gasteiger partial charge is 0.336 e. The largest absolute Gasteiger partial charge is 0.508 e. The fourth-order valence-corrected chi connectivity index (χ4v) is 2.31. The van der Waals surface area contributed by atoms with Gasteiger partial charge in [0.25, 0.3) is 0 Å². The minimum absolute atomic E-state index is 0.00435. The molecule has 24 heavy (non-hydrogen) atoms. The molecule has 3 N–H and O–H groups in total. The van der Waals surface area contributed by atoms with E-state index in [1.807, 2.05) is 0 Å². The molecular weight excluding hydrogens is 327 g/mol. The third-order valence-electron chi connectivity index (χ3n) is 3.44. The van der Waals surface area contributed by atoms with Crippen LogP contribution in [0.4, 0.5) is 13.2 Å². The van der Waals surface area contributed by atoms with Crippen molar-refractivity contribution in [1.29, 1.82) is 0 Å². The quantitative estimate of drug-likeness (QED) is 0.679. The Morgan fingerprint density at radius 3 is 2.50 bits per heavy atom.